The van der Waals surface area contributed by atoms with Crippen LogP contribution in [-0.4, -0.2) is 150 Å². The minimum Gasteiger partial charge on any atom is -0.487 e. The van der Waals surface area contributed by atoms with Crippen molar-refractivity contribution in [2.45, 2.75) is 82.3 Å². The van der Waals surface area contributed by atoms with E-state index in [4.69, 9.17) is 43.0 Å². The number of aromatic nitrogens is 7. The van der Waals surface area contributed by atoms with Gasteiger partial charge in [0.2, 0.25) is 5.95 Å². The monoisotopic (exact) mass is 830 g/mol. The lowest BCUT2D eigenvalue weighted by molar-refractivity contribution is -0.0458. The highest BCUT2D eigenvalue weighted by molar-refractivity contribution is 5.67. The predicted molar refractivity (Wildman–Crippen MR) is 219 cm³/mol. The molecule has 1 aromatic carbocycles. The molecule has 3 aromatic heterocycles. The molecular weight excluding hydrogens is 773 g/mol. The minimum atomic E-state index is -0.247. The molecule has 0 unspecified atom stereocenters. The first-order valence-corrected chi connectivity index (χ1v) is 21.1. The van der Waals surface area contributed by atoms with E-state index in [9.17, 15) is 5.26 Å². The number of rotatable bonds is 25. The minimum absolute atomic E-state index is 0.247. The molecule has 0 amide bonds. The summed E-state index contributed by atoms with van der Waals surface area (Å²) in [5.41, 5.74) is 2.71. The molecule has 7 rings (SSSR count). The molecule has 1 aliphatic carbocycles. The molecule has 60 heavy (non-hydrogen) atoms. The lowest BCUT2D eigenvalue weighted by atomic mass is 9.89. The third-order valence-electron chi connectivity index (χ3n) is 11.0. The van der Waals surface area contributed by atoms with Gasteiger partial charge in [-0.2, -0.15) is 10.4 Å². The lowest BCUT2D eigenvalue weighted by Gasteiger charge is -2.43. The number of hydrogen-bond acceptors (Lipinski definition) is 16. The number of morpholine rings is 1. The molecule has 1 saturated carbocycles. The van der Waals surface area contributed by atoms with E-state index >= 15 is 0 Å². The quantitative estimate of drug-likeness (QED) is 0.0923. The predicted octanol–water partition coefficient (Wildman–Crippen LogP) is 4.45. The van der Waals surface area contributed by atoms with Crippen LogP contribution in [0.1, 0.15) is 57.1 Å². The molecule has 3 aliphatic rings. The first-order valence-electron chi connectivity index (χ1n) is 21.1. The van der Waals surface area contributed by atoms with Gasteiger partial charge in [-0.3, -0.25) is 9.58 Å². The fourth-order valence-electron chi connectivity index (χ4n) is 8.13. The van der Waals surface area contributed by atoms with Crippen LogP contribution in [0.3, 0.4) is 0 Å². The molecule has 2 saturated heterocycles. The Morgan fingerprint density at radius 3 is 2.08 bits per heavy atom. The van der Waals surface area contributed by atoms with Crippen molar-refractivity contribution in [1.29, 1.82) is 5.26 Å². The van der Waals surface area contributed by atoms with Crippen LogP contribution in [0.25, 0.3) is 11.1 Å². The third kappa shape index (κ3) is 12.2. The maximum Gasteiger partial charge on any atom is 0.257 e. The van der Waals surface area contributed by atoms with E-state index in [1.807, 2.05) is 29.9 Å². The number of anilines is 2. The highest BCUT2D eigenvalue weighted by atomic mass is 16.6. The average Bonchev–Trinajstić information content (AvgIpc) is 4.00. The Labute approximate surface area is 351 Å². The van der Waals surface area contributed by atoms with Crippen molar-refractivity contribution in [3.63, 3.8) is 0 Å². The van der Waals surface area contributed by atoms with Crippen LogP contribution in [-0.2, 0) is 35.0 Å². The van der Waals surface area contributed by atoms with Gasteiger partial charge < -0.3 is 43.2 Å². The zero-order valence-corrected chi connectivity index (χ0v) is 34.7. The van der Waals surface area contributed by atoms with E-state index in [-0.39, 0.29) is 12.1 Å². The first-order chi connectivity index (χ1) is 29.6. The second-order valence-electron chi connectivity index (χ2n) is 15.2. The maximum absolute atomic E-state index is 9.75. The number of methoxy groups -OCH3 is 1. The number of nitrogens with one attached hydrogen (secondary N) is 1. The largest absolute Gasteiger partial charge is 0.487 e. The van der Waals surface area contributed by atoms with Crippen molar-refractivity contribution in [3.8, 4) is 28.8 Å². The summed E-state index contributed by atoms with van der Waals surface area (Å²) in [5.74, 6) is 1.34. The van der Waals surface area contributed by atoms with Crippen molar-refractivity contribution >= 4 is 11.6 Å². The molecule has 324 valence electrons. The fraction of sp³-hybridized carbons (Fsp3) is 0.619. The number of fused-ring (bicyclic) bond motifs is 2. The second-order valence-corrected chi connectivity index (χ2v) is 15.2. The van der Waals surface area contributed by atoms with Crippen molar-refractivity contribution in [2.75, 3.05) is 91.7 Å². The molecule has 0 radical (unpaired) electrons. The molecule has 0 spiro atoms. The summed E-state index contributed by atoms with van der Waals surface area (Å²) in [4.78, 5) is 16.0. The van der Waals surface area contributed by atoms with Gasteiger partial charge in [-0.25, -0.2) is 19.6 Å². The van der Waals surface area contributed by atoms with Gasteiger partial charge in [0, 0.05) is 43.2 Å². The summed E-state index contributed by atoms with van der Waals surface area (Å²) in [7, 11) is 1.65. The number of ether oxygens (including phenoxy) is 8. The van der Waals surface area contributed by atoms with E-state index < -0.39 is 0 Å². The molecule has 18 nitrogen and oxygen atoms in total. The first kappa shape index (κ1) is 43.4. The van der Waals surface area contributed by atoms with E-state index in [1.165, 1.54) is 19.2 Å². The Kier molecular flexibility index (Phi) is 16.4. The number of nitriles is 1. The summed E-state index contributed by atoms with van der Waals surface area (Å²) in [6.07, 6.45) is 15.2. The fourth-order valence-corrected chi connectivity index (χ4v) is 8.13. The van der Waals surface area contributed by atoms with Gasteiger partial charge in [0.25, 0.3) is 5.88 Å². The summed E-state index contributed by atoms with van der Waals surface area (Å²) in [6, 6.07) is 9.64. The van der Waals surface area contributed by atoms with E-state index in [0.717, 1.165) is 50.0 Å². The maximum atomic E-state index is 9.75. The summed E-state index contributed by atoms with van der Waals surface area (Å²) in [5, 5.41) is 22.2. The van der Waals surface area contributed by atoms with E-state index in [2.05, 4.69) is 36.3 Å². The molecule has 5 heterocycles. The summed E-state index contributed by atoms with van der Waals surface area (Å²) >= 11 is 0. The Morgan fingerprint density at radius 1 is 0.817 bits per heavy atom. The van der Waals surface area contributed by atoms with Crippen LogP contribution in [0.15, 0.2) is 49.4 Å². The molecular formula is C42H58N10O8. The average molecular weight is 831 g/mol. The third-order valence-corrected chi connectivity index (χ3v) is 11.0. The Balaban J connectivity index is 0.931. The van der Waals surface area contributed by atoms with Gasteiger partial charge in [-0.15, -0.1) is 5.10 Å². The molecule has 3 fully saturated rings. The lowest BCUT2D eigenvalue weighted by Crippen LogP contribution is -2.52. The van der Waals surface area contributed by atoms with Crippen LogP contribution in [0.5, 0.6) is 11.6 Å². The van der Waals surface area contributed by atoms with E-state index in [1.54, 1.807) is 36.6 Å². The zero-order chi connectivity index (χ0) is 41.4. The van der Waals surface area contributed by atoms with E-state index in [0.29, 0.717) is 120 Å². The zero-order valence-electron chi connectivity index (χ0n) is 34.7. The van der Waals surface area contributed by atoms with Crippen molar-refractivity contribution in [3.05, 3.63) is 55.0 Å². The van der Waals surface area contributed by atoms with Crippen LogP contribution < -0.4 is 14.8 Å². The number of hydrogen-bond donors (Lipinski definition) is 1. The van der Waals surface area contributed by atoms with Gasteiger partial charge in [0.15, 0.2) is 0 Å². The van der Waals surface area contributed by atoms with Crippen LogP contribution in [0.2, 0.25) is 0 Å². The normalized spacial score (nSPS) is 20.8. The highest BCUT2D eigenvalue weighted by Gasteiger charge is 2.42. The van der Waals surface area contributed by atoms with Gasteiger partial charge in [-0.05, 0) is 63.1 Å². The van der Waals surface area contributed by atoms with Crippen molar-refractivity contribution in [2.24, 2.45) is 0 Å². The van der Waals surface area contributed by atoms with Gasteiger partial charge in [-0.1, -0.05) is 6.07 Å². The van der Waals surface area contributed by atoms with Crippen LogP contribution in [0.4, 0.5) is 11.6 Å². The van der Waals surface area contributed by atoms with Crippen LogP contribution >= 0.6 is 0 Å². The number of nitrogens with zero attached hydrogens (tertiary/aromatic N) is 9. The molecule has 4 aromatic rings. The SMILES string of the molecule is COCCOCCOCCOCCOCCOc1nn([C@H]2CC[C@H](N3[C@@H]4CC[C@H]3COC4)CC2)cc1Nc1ncc(-c2ccc(C#N)c(O[C@@H](C)Cn3cncn3)c2)cn1. The van der Waals surface area contributed by atoms with Gasteiger partial charge in [0.05, 0.1) is 97.0 Å². The van der Waals surface area contributed by atoms with Crippen molar-refractivity contribution < 1.29 is 37.9 Å². The molecule has 3 atom stereocenters. The second kappa shape index (κ2) is 22.7. The van der Waals surface area contributed by atoms with Gasteiger partial charge >= 0.3 is 0 Å². The van der Waals surface area contributed by atoms with Crippen molar-refractivity contribution in [1.82, 2.24) is 39.4 Å². The Bertz CT molecular complexity index is 1890. The summed E-state index contributed by atoms with van der Waals surface area (Å²) < 4.78 is 49.2. The highest BCUT2D eigenvalue weighted by Crippen LogP contribution is 2.39. The molecule has 2 bridgehead atoms. The smallest absolute Gasteiger partial charge is 0.257 e. The standard InChI is InChI=1S/C42H58N10O8/c1-31(25-50-30-44-29-47-50)60-40-21-32(3-4-33(40)22-43)34-23-45-42(46-24-34)48-39-26-51(35-5-7-36(8-6-35)52-37-9-10-38(52)28-58-27-37)49-41(39)59-20-19-57-18-17-56-16-15-55-14-13-54-12-11-53-2/h3-4,21,23-24,26,29-31,35-38H,5-20,25,27-28H2,1-2H3,(H,45,46,48)/t31-,35-,36-,37-,38+/m0/s1. The Hall–Kier alpha value is -4.74. The molecule has 18 heteroatoms. The topological polar surface area (TPSA) is 187 Å². The molecule has 1 N–H and O–H groups in total. The number of benzene rings is 1. The molecule has 2 aliphatic heterocycles. The van der Waals surface area contributed by atoms with Crippen LogP contribution in [0, 0.1) is 11.3 Å². The van der Waals surface area contributed by atoms with Gasteiger partial charge in [0.1, 0.15) is 42.9 Å². The summed E-state index contributed by atoms with van der Waals surface area (Å²) in [6.45, 7) is 8.87. The Morgan fingerprint density at radius 2 is 1.45 bits per heavy atom.